The Bertz CT molecular complexity index is 1230. The summed E-state index contributed by atoms with van der Waals surface area (Å²) in [5.74, 6) is 0.972. The molecule has 0 fully saturated rings. The maximum absolute atomic E-state index is 13.8. The number of methoxy groups -OCH3 is 1. The summed E-state index contributed by atoms with van der Waals surface area (Å²) >= 11 is 7.39. The summed E-state index contributed by atoms with van der Waals surface area (Å²) < 4.78 is 12.4. The van der Waals surface area contributed by atoms with Crippen molar-refractivity contribution in [2.24, 2.45) is 0 Å². The number of para-hydroxylation sites is 1. The van der Waals surface area contributed by atoms with E-state index in [1.165, 1.54) is 11.3 Å². The second-order valence-corrected chi connectivity index (χ2v) is 9.03. The zero-order valence-electron chi connectivity index (χ0n) is 17.9. The Balaban J connectivity index is 1.71. The zero-order valence-corrected chi connectivity index (χ0v) is 19.5. The first-order valence-electron chi connectivity index (χ1n) is 9.97. The second-order valence-electron chi connectivity index (χ2n) is 7.58. The van der Waals surface area contributed by atoms with Crippen LogP contribution in [0.25, 0.3) is 10.2 Å². The van der Waals surface area contributed by atoms with Crippen LogP contribution in [0.4, 0.5) is 5.13 Å². The van der Waals surface area contributed by atoms with E-state index in [1.807, 2.05) is 36.4 Å². The summed E-state index contributed by atoms with van der Waals surface area (Å²) in [7, 11) is 1.60. The number of fused-ring (bicyclic) bond motifs is 1. The molecule has 0 bridgehead atoms. The fraction of sp³-hybridized carbons (Fsp3) is 0.208. The van der Waals surface area contributed by atoms with Crippen molar-refractivity contribution in [2.45, 2.75) is 26.0 Å². The van der Waals surface area contributed by atoms with Gasteiger partial charge in [0.1, 0.15) is 17.0 Å². The fourth-order valence-corrected chi connectivity index (χ4v) is 4.34. The number of halogens is 1. The third kappa shape index (κ3) is 4.69. The van der Waals surface area contributed by atoms with Crippen molar-refractivity contribution < 1.29 is 14.3 Å². The van der Waals surface area contributed by atoms with E-state index >= 15 is 0 Å². The van der Waals surface area contributed by atoms with Crippen molar-refractivity contribution >= 4 is 44.2 Å². The molecular formula is C24H22ClN3O3S. The van der Waals surface area contributed by atoms with Crippen LogP contribution in [0.2, 0.25) is 5.02 Å². The number of ether oxygens (including phenoxy) is 2. The molecule has 0 aliphatic heterocycles. The van der Waals surface area contributed by atoms with Gasteiger partial charge in [-0.3, -0.25) is 14.7 Å². The first kappa shape index (κ1) is 22.0. The number of hydrogen-bond acceptors (Lipinski definition) is 6. The van der Waals surface area contributed by atoms with E-state index in [-0.39, 0.29) is 12.5 Å². The Kier molecular flexibility index (Phi) is 6.30. The molecule has 0 saturated carbocycles. The van der Waals surface area contributed by atoms with Crippen LogP contribution >= 0.6 is 22.9 Å². The van der Waals surface area contributed by atoms with Gasteiger partial charge in [0.2, 0.25) is 0 Å². The van der Waals surface area contributed by atoms with E-state index in [4.69, 9.17) is 26.1 Å². The maximum atomic E-state index is 13.8. The predicted octanol–water partition coefficient (Wildman–Crippen LogP) is 5.74. The molecule has 6 nitrogen and oxygen atoms in total. The number of thiazole rings is 1. The number of pyridine rings is 1. The lowest BCUT2D eigenvalue weighted by atomic mass is 10.1. The van der Waals surface area contributed by atoms with Gasteiger partial charge in [0.25, 0.3) is 5.91 Å². The third-order valence-electron chi connectivity index (χ3n) is 4.81. The molecule has 4 aromatic rings. The van der Waals surface area contributed by atoms with Gasteiger partial charge in [-0.2, -0.15) is 0 Å². The average Bonchev–Trinajstić information content (AvgIpc) is 3.23. The monoisotopic (exact) mass is 467 g/mol. The summed E-state index contributed by atoms with van der Waals surface area (Å²) in [4.78, 5) is 24.5. The SMILES string of the molecule is COc1cccc2sc(N(Cc3ccccn3)C(=O)C(C)(C)Oc3ccc(Cl)cc3)nc12. The molecule has 0 unspecified atom stereocenters. The summed E-state index contributed by atoms with van der Waals surface area (Å²) in [5.41, 5.74) is 0.296. The van der Waals surface area contributed by atoms with E-state index in [9.17, 15) is 4.79 Å². The highest BCUT2D eigenvalue weighted by atomic mass is 35.5. The number of nitrogens with zero attached hydrogens (tertiary/aromatic N) is 3. The maximum Gasteiger partial charge on any atom is 0.272 e. The minimum Gasteiger partial charge on any atom is -0.494 e. The van der Waals surface area contributed by atoms with Gasteiger partial charge in [0.15, 0.2) is 10.7 Å². The Morgan fingerprint density at radius 1 is 1.09 bits per heavy atom. The predicted molar refractivity (Wildman–Crippen MR) is 128 cm³/mol. The van der Waals surface area contributed by atoms with Crippen LogP contribution in [-0.2, 0) is 11.3 Å². The minimum atomic E-state index is -1.16. The van der Waals surface area contributed by atoms with Gasteiger partial charge < -0.3 is 9.47 Å². The second kappa shape index (κ2) is 9.14. The fourth-order valence-electron chi connectivity index (χ4n) is 3.24. The van der Waals surface area contributed by atoms with Crippen LogP contribution in [0.15, 0.2) is 66.9 Å². The van der Waals surface area contributed by atoms with Crippen LogP contribution in [0.3, 0.4) is 0 Å². The molecule has 0 atom stereocenters. The van der Waals surface area contributed by atoms with E-state index in [1.54, 1.807) is 56.3 Å². The largest absolute Gasteiger partial charge is 0.494 e. The molecule has 0 radical (unpaired) electrons. The summed E-state index contributed by atoms with van der Waals surface area (Å²) in [6, 6.07) is 18.2. The molecule has 2 aromatic heterocycles. The van der Waals surface area contributed by atoms with Crippen molar-refractivity contribution in [3.05, 3.63) is 77.6 Å². The number of amides is 1. The molecular weight excluding hydrogens is 446 g/mol. The van der Waals surface area contributed by atoms with Crippen molar-refractivity contribution in [1.29, 1.82) is 0 Å². The Labute approximate surface area is 195 Å². The van der Waals surface area contributed by atoms with Crippen LogP contribution in [0.1, 0.15) is 19.5 Å². The van der Waals surface area contributed by atoms with Crippen molar-refractivity contribution in [3.63, 3.8) is 0 Å². The van der Waals surface area contributed by atoms with Gasteiger partial charge in [-0.1, -0.05) is 35.1 Å². The number of aromatic nitrogens is 2. The Hall–Kier alpha value is -3.16. The smallest absolute Gasteiger partial charge is 0.272 e. The normalized spacial score (nSPS) is 11.4. The number of hydrogen-bond donors (Lipinski definition) is 0. The molecule has 32 heavy (non-hydrogen) atoms. The lowest BCUT2D eigenvalue weighted by Crippen LogP contribution is -2.49. The molecule has 8 heteroatoms. The van der Waals surface area contributed by atoms with Crippen LogP contribution in [-0.4, -0.2) is 28.6 Å². The van der Waals surface area contributed by atoms with Gasteiger partial charge >= 0.3 is 0 Å². The summed E-state index contributed by atoms with van der Waals surface area (Å²) in [6.45, 7) is 3.74. The third-order valence-corrected chi connectivity index (χ3v) is 6.11. The summed E-state index contributed by atoms with van der Waals surface area (Å²) in [6.07, 6.45) is 1.70. The van der Waals surface area contributed by atoms with Gasteiger partial charge in [-0.15, -0.1) is 0 Å². The molecule has 0 N–H and O–H groups in total. The van der Waals surface area contributed by atoms with Crippen molar-refractivity contribution in [2.75, 3.05) is 12.0 Å². The highest BCUT2D eigenvalue weighted by Gasteiger charge is 2.37. The molecule has 2 aromatic carbocycles. The molecule has 0 aliphatic rings. The first-order valence-corrected chi connectivity index (χ1v) is 11.2. The van der Waals surface area contributed by atoms with Crippen LogP contribution in [0.5, 0.6) is 11.5 Å². The molecule has 0 saturated heterocycles. The molecule has 4 rings (SSSR count). The van der Waals surface area contributed by atoms with Crippen molar-refractivity contribution in [1.82, 2.24) is 9.97 Å². The zero-order chi connectivity index (χ0) is 22.7. The minimum absolute atomic E-state index is 0.240. The van der Waals surface area contributed by atoms with Gasteiger partial charge in [-0.25, -0.2) is 4.98 Å². The van der Waals surface area contributed by atoms with Crippen LogP contribution in [0, 0.1) is 0 Å². The Morgan fingerprint density at radius 2 is 1.88 bits per heavy atom. The molecule has 0 spiro atoms. The highest BCUT2D eigenvalue weighted by Crippen LogP contribution is 2.36. The Morgan fingerprint density at radius 3 is 2.56 bits per heavy atom. The lowest BCUT2D eigenvalue weighted by molar-refractivity contribution is -0.131. The average molecular weight is 468 g/mol. The van der Waals surface area contributed by atoms with Crippen LogP contribution < -0.4 is 14.4 Å². The summed E-state index contributed by atoms with van der Waals surface area (Å²) in [5, 5.41) is 1.15. The van der Waals surface area contributed by atoms with E-state index in [0.29, 0.717) is 27.2 Å². The highest BCUT2D eigenvalue weighted by molar-refractivity contribution is 7.22. The topological polar surface area (TPSA) is 64.5 Å². The van der Waals surface area contributed by atoms with Gasteiger partial charge in [0.05, 0.1) is 24.0 Å². The number of carbonyl (C=O) groups is 1. The van der Waals surface area contributed by atoms with E-state index < -0.39 is 5.60 Å². The molecule has 164 valence electrons. The van der Waals surface area contributed by atoms with E-state index in [2.05, 4.69) is 4.98 Å². The van der Waals surface area contributed by atoms with Gasteiger partial charge in [0, 0.05) is 11.2 Å². The number of anilines is 1. The first-order chi connectivity index (χ1) is 15.4. The molecule has 2 heterocycles. The molecule has 0 aliphatic carbocycles. The number of carbonyl (C=O) groups excluding carboxylic acids is 1. The standard InChI is InChI=1S/C24H22ClN3O3S/c1-24(2,31-18-12-10-16(25)11-13-18)22(29)28(15-17-7-4-5-14-26-17)23-27-21-19(30-3)8-6-9-20(21)32-23/h4-14H,15H2,1-3H3. The van der Waals surface area contributed by atoms with E-state index in [0.717, 1.165) is 10.4 Å². The van der Waals surface area contributed by atoms with Gasteiger partial charge in [-0.05, 0) is 62.4 Å². The molecule has 1 amide bonds. The van der Waals surface area contributed by atoms with Crippen molar-refractivity contribution in [3.8, 4) is 11.5 Å². The quantitative estimate of drug-likeness (QED) is 0.346. The lowest BCUT2D eigenvalue weighted by Gasteiger charge is -2.31. The number of benzene rings is 2. The number of rotatable bonds is 7.